The Morgan fingerprint density at radius 1 is 1.65 bits per heavy atom. The van der Waals surface area contributed by atoms with E-state index in [1.54, 1.807) is 13.1 Å². The summed E-state index contributed by atoms with van der Waals surface area (Å²) < 4.78 is 5.59. The Morgan fingerprint density at radius 2 is 2.35 bits per heavy atom. The van der Waals surface area contributed by atoms with Gasteiger partial charge in [0.05, 0.1) is 12.8 Å². The first-order chi connectivity index (χ1) is 8.04. The normalized spacial score (nSPS) is 12.8. The number of esters is 1. The lowest BCUT2D eigenvalue weighted by atomic mass is 10.2. The molecule has 1 unspecified atom stereocenters. The van der Waals surface area contributed by atoms with Gasteiger partial charge in [0.15, 0.2) is 6.04 Å². The third kappa shape index (κ3) is 4.61. The van der Waals surface area contributed by atoms with Crippen LogP contribution in [0.3, 0.4) is 0 Å². The lowest BCUT2D eigenvalue weighted by molar-refractivity contribution is -0.145. The van der Waals surface area contributed by atoms with Crippen molar-refractivity contribution in [2.24, 2.45) is 5.92 Å². The standard InChI is InChI=1S/C11H17ClN2O2S/c1-4-16-11(15)9(13-5-7(2)3)10-14-6-8(12)17-10/h6-7,9,13H,4-5H2,1-3H3. The van der Waals surface area contributed by atoms with Crippen LogP contribution in [0.15, 0.2) is 6.20 Å². The summed E-state index contributed by atoms with van der Waals surface area (Å²) in [6, 6.07) is -0.519. The Hall–Kier alpha value is -0.650. The molecule has 0 amide bonds. The number of hydrogen-bond donors (Lipinski definition) is 1. The van der Waals surface area contributed by atoms with Gasteiger partial charge in [-0.2, -0.15) is 0 Å². The van der Waals surface area contributed by atoms with Crippen molar-refractivity contribution >= 4 is 28.9 Å². The number of carbonyl (C=O) groups excluding carboxylic acids is 1. The molecule has 0 aliphatic heterocycles. The van der Waals surface area contributed by atoms with Crippen LogP contribution in [0.5, 0.6) is 0 Å². The van der Waals surface area contributed by atoms with E-state index in [9.17, 15) is 4.79 Å². The Labute approximate surface area is 110 Å². The maximum absolute atomic E-state index is 11.8. The second-order valence-electron chi connectivity index (χ2n) is 3.99. The summed E-state index contributed by atoms with van der Waals surface area (Å²) in [6.45, 7) is 7.01. The van der Waals surface area contributed by atoms with Gasteiger partial charge in [0.1, 0.15) is 9.34 Å². The van der Waals surface area contributed by atoms with E-state index < -0.39 is 6.04 Å². The van der Waals surface area contributed by atoms with Gasteiger partial charge in [-0.3, -0.25) is 5.32 Å². The maximum Gasteiger partial charge on any atom is 0.330 e. The van der Waals surface area contributed by atoms with Crippen molar-refractivity contribution in [3.63, 3.8) is 0 Å². The SMILES string of the molecule is CCOC(=O)C(NCC(C)C)c1ncc(Cl)s1. The molecule has 0 aromatic carbocycles. The maximum atomic E-state index is 11.8. The largest absolute Gasteiger partial charge is 0.465 e. The Balaban J connectivity index is 2.74. The van der Waals surface area contributed by atoms with Gasteiger partial charge in [-0.05, 0) is 19.4 Å². The molecule has 1 atom stereocenters. The van der Waals surface area contributed by atoms with Gasteiger partial charge < -0.3 is 4.74 Å². The molecular formula is C11H17ClN2O2S. The van der Waals surface area contributed by atoms with Crippen LogP contribution in [0.1, 0.15) is 31.8 Å². The number of hydrogen-bond acceptors (Lipinski definition) is 5. The van der Waals surface area contributed by atoms with Crippen molar-refractivity contribution in [1.82, 2.24) is 10.3 Å². The fraction of sp³-hybridized carbons (Fsp3) is 0.636. The lowest BCUT2D eigenvalue weighted by Gasteiger charge is -2.16. The van der Waals surface area contributed by atoms with E-state index in [0.29, 0.717) is 21.9 Å². The number of carbonyl (C=O) groups is 1. The van der Waals surface area contributed by atoms with Gasteiger partial charge in [-0.15, -0.1) is 11.3 Å². The van der Waals surface area contributed by atoms with Crippen molar-refractivity contribution in [3.05, 3.63) is 15.5 Å². The molecule has 1 aromatic heterocycles. The minimum atomic E-state index is -0.519. The highest BCUT2D eigenvalue weighted by Gasteiger charge is 2.24. The van der Waals surface area contributed by atoms with Crippen LogP contribution in [0, 0.1) is 5.92 Å². The van der Waals surface area contributed by atoms with Crippen molar-refractivity contribution in [1.29, 1.82) is 0 Å². The van der Waals surface area contributed by atoms with Crippen LogP contribution in [-0.4, -0.2) is 24.1 Å². The van der Waals surface area contributed by atoms with E-state index in [-0.39, 0.29) is 5.97 Å². The average molecular weight is 277 g/mol. The third-order valence-corrected chi connectivity index (χ3v) is 3.17. The van der Waals surface area contributed by atoms with E-state index in [1.807, 2.05) is 0 Å². The molecule has 0 saturated carbocycles. The van der Waals surface area contributed by atoms with Gasteiger partial charge in [0.2, 0.25) is 0 Å². The fourth-order valence-corrected chi connectivity index (χ4v) is 2.24. The number of nitrogens with one attached hydrogen (secondary N) is 1. The Kier molecular flexibility index (Phi) is 5.88. The van der Waals surface area contributed by atoms with Crippen LogP contribution >= 0.6 is 22.9 Å². The molecule has 1 N–H and O–H groups in total. The molecule has 17 heavy (non-hydrogen) atoms. The Bertz CT molecular complexity index is 368. The van der Waals surface area contributed by atoms with E-state index in [2.05, 4.69) is 24.1 Å². The number of thiazole rings is 1. The van der Waals surface area contributed by atoms with Crippen LogP contribution in [0.4, 0.5) is 0 Å². The van der Waals surface area contributed by atoms with Gasteiger partial charge in [-0.25, -0.2) is 9.78 Å². The second kappa shape index (κ2) is 6.93. The highest BCUT2D eigenvalue weighted by Crippen LogP contribution is 2.24. The summed E-state index contributed by atoms with van der Waals surface area (Å²) in [6.07, 6.45) is 1.55. The second-order valence-corrected chi connectivity index (χ2v) is 5.68. The van der Waals surface area contributed by atoms with Gasteiger partial charge in [0, 0.05) is 0 Å². The molecule has 0 fully saturated rings. The first-order valence-corrected chi connectivity index (χ1v) is 6.75. The van der Waals surface area contributed by atoms with Crippen LogP contribution in [0.25, 0.3) is 0 Å². The highest BCUT2D eigenvalue weighted by molar-refractivity contribution is 7.16. The zero-order valence-electron chi connectivity index (χ0n) is 10.2. The summed E-state index contributed by atoms with van der Waals surface area (Å²) >= 11 is 7.12. The molecule has 0 radical (unpaired) electrons. The zero-order valence-corrected chi connectivity index (χ0v) is 11.8. The van der Waals surface area contributed by atoms with E-state index in [0.717, 1.165) is 6.54 Å². The quantitative estimate of drug-likeness (QED) is 0.812. The average Bonchev–Trinajstić information content (AvgIpc) is 2.65. The predicted molar refractivity (Wildman–Crippen MR) is 69.3 cm³/mol. The molecule has 6 heteroatoms. The molecule has 4 nitrogen and oxygen atoms in total. The predicted octanol–water partition coefficient (Wildman–Crippen LogP) is 2.65. The number of halogens is 1. The summed E-state index contributed by atoms with van der Waals surface area (Å²) in [7, 11) is 0. The van der Waals surface area contributed by atoms with E-state index in [1.165, 1.54) is 11.3 Å². The molecule has 1 rings (SSSR count). The molecule has 1 aromatic rings. The van der Waals surface area contributed by atoms with Gasteiger partial charge in [-0.1, -0.05) is 25.4 Å². The van der Waals surface area contributed by atoms with Gasteiger partial charge in [0.25, 0.3) is 0 Å². The number of aromatic nitrogens is 1. The van der Waals surface area contributed by atoms with Crippen molar-refractivity contribution < 1.29 is 9.53 Å². The lowest BCUT2D eigenvalue weighted by Crippen LogP contribution is -2.32. The highest BCUT2D eigenvalue weighted by atomic mass is 35.5. The monoisotopic (exact) mass is 276 g/mol. The summed E-state index contributed by atoms with van der Waals surface area (Å²) in [5, 5.41) is 3.80. The molecule has 0 aliphatic rings. The van der Waals surface area contributed by atoms with Crippen LogP contribution in [0.2, 0.25) is 4.34 Å². The molecule has 1 heterocycles. The van der Waals surface area contributed by atoms with Crippen molar-refractivity contribution in [2.45, 2.75) is 26.8 Å². The molecule has 0 aliphatic carbocycles. The Morgan fingerprint density at radius 3 is 2.82 bits per heavy atom. The van der Waals surface area contributed by atoms with Gasteiger partial charge >= 0.3 is 5.97 Å². The smallest absolute Gasteiger partial charge is 0.330 e. The zero-order chi connectivity index (χ0) is 12.8. The van der Waals surface area contributed by atoms with Crippen molar-refractivity contribution in [3.8, 4) is 0 Å². The fourth-order valence-electron chi connectivity index (χ4n) is 1.25. The molecule has 0 spiro atoms. The van der Waals surface area contributed by atoms with Crippen LogP contribution < -0.4 is 5.32 Å². The minimum absolute atomic E-state index is 0.306. The first-order valence-electron chi connectivity index (χ1n) is 5.55. The van der Waals surface area contributed by atoms with Crippen LogP contribution in [-0.2, 0) is 9.53 Å². The third-order valence-electron chi connectivity index (χ3n) is 1.99. The van der Waals surface area contributed by atoms with E-state index in [4.69, 9.17) is 16.3 Å². The molecule has 0 saturated heterocycles. The molecular weight excluding hydrogens is 260 g/mol. The number of rotatable bonds is 6. The topological polar surface area (TPSA) is 51.2 Å². The first kappa shape index (κ1) is 14.4. The molecule has 96 valence electrons. The van der Waals surface area contributed by atoms with Crippen molar-refractivity contribution in [2.75, 3.05) is 13.2 Å². The summed E-state index contributed by atoms with van der Waals surface area (Å²) in [5.74, 6) is 0.140. The summed E-state index contributed by atoms with van der Waals surface area (Å²) in [4.78, 5) is 15.9. The summed E-state index contributed by atoms with van der Waals surface area (Å²) in [5.41, 5.74) is 0. The number of nitrogens with zero attached hydrogens (tertiary/aromatic N) is 1. The van der Waals surface area contributed by atoms with E-state index >= 15 is 0 Å². The minimum Gasteiger partial charge on any atom is -0.465 e. The molecule has 0 bridgehead atoms. The number of ether oxygens (including phenoxy) is 1.